The van der Waals surface area contributed by atoms with Crippen molar-refractivity contribution >= 4 is 11.8 Å². The summed E-state index contributed by atoms with van der Waals surface area (Å²) in [6.07, 6.45) is 6.55. The number of rotatable bonds is 4. The van der Waals surface area contributed by atoms with Crippen LogP contribution in [0.2, 0.25) is 0 Å². The van der Waals surface area contributed by atoms with E-state index in [4.69, 9.17) is 4.74 Å². The third-order valence-electron chi connectivity index (χ3n) is 6.05. The van der Waals surface area contributed by atoms with Crippen LogP contribution in [0.5, 0.6) is 5.75 Å². The first-order valence-electron chi connectivity index (χ1n) is 10.0. The molecule has 3 heterocycles. The van der Waals surface area contributed by atoms with Gasteiger partial charge in [0.25, 0.3) is 11.8 Å². The summed E-state index contributed by atoms with van der Waals surface area (Å²) in [5, 5.41) is 3.08. The van der Waals surface area contributed by atoms with Gasteiger partial charge < -0.3 is 15.0 Å². The molecular weight excluding hydrogens is 368 g/mol. The molecule has 2 saturated heterocycles. The van der Waals surface area contributed by atoms with Crippen molar-refractivity contribution in [2.24, 2.45) is 0 Å². The van der Waals surface area contributed by atoms with Crippen LogP contribution >= 0.6 is 0 Å². The second kappa shape index (κ2) is 7.81. The number of nitrogens with one attached hydrogen (secondary N) is 1. The van der Waals surface area contributed by atoms with E-state index in [2.05, 4.69) is 15.3 Å². The number of hydrogen-bond donors (Lipinski definition) is 1. The third-order valence-corrected chi connectivity index (χ3v) is 6.05. The highest BCUT2D eigenvalue weighted by Crippen LogP contribution is 2.37. The number of methoxy groups -OCH3 is 1. The molecule has 1 aromatic heterocycles. The van der Waals surface area contributed by atoms with Crippen LogP contribution in [-0.2, 0) is 0 Å². The Labute approximate surface area is 170 Å². The molecule has 7 heteroatoms. The minimum atomic E-state index is -0.203. The molecule has 0 aliphatic carbocycles. The van der Waals surface area contributed by atoms with Crippen LogP contribution in [0.15, 0.2) is 30.6 Å². The highest BCUT2D eigenvalue weighted by atomic mass is 16.5. The van der Waals surface area contributed by atoms with Gasteiger partial charge in [-0.2, -0.15) is 0 Å². The third kappa shape index (κ3) is 3.69. The molecule has 4 rings (SSSR count). The second-order valence-corrected chi connectivity index (χ2v) is 7.92. The number of hydrogen-bond acceptors (Lipinski definition) is 5. The Kier molecular flexibility index (Phi) is 5.22. The zero-order chi connectivity index (χ0) is 20.5. The average molecular weight is 394 g/mol. The number of carbonyl (C=O) groups excluding carboxylic acids is 2. The van der Waals surface area contributed by atoms with E-state index in [-0.39, 0.29) is 29.9 Å². The molecule has 2 aliphatic rings. The summed E-state index contributed by atoms with van der Waals surface area (Å²) in [5.74, 6) is 0.581. The zero-order valence-corrected chi connectivity index (χ0v) is 17.0. The molecule has 2 bridgehead atoms. The lowest BCUT2D eigenvalue weighted by molar-refractivity contribution is 0.0548. The number of amides is 2. The van der Waals surface area contributed by atoms with Crippen LogP contribution in [0, 0.1) is 13.8 Å². The van der Waals surface area contributed by atoms with Crippen LogP contribution < -0.4 is 10.1 Å². The number of aromatic nitrogens is 2. The van der Waals surface area contributed by atoms with Gasteiger partial charge >= 0.3 is 0 Å². The Morgan fingerprint density at radius 3 is 2.45 bits per heavy atom. The maximum absolute atomic E-state index is 13.3. The summed E-state index contributed by atoms with van der Waals surface area (Å²) < 4.78 is 5.37. The van der Waals surface area contributed by atoms with Gasteiger partial charge in [-0.15, -0.1) is 0 Å². The molecule has 0 radical (unpaired) electrons. The van der Waals surface area contributed by atoms with Crippen molar-refractivity contribution in [3.05, 3.63) is 53.1 Å². The molecule has 1 aromatic carbocycles. The van der Waals surface area contributed by atoms with Crippen LogP contribution in [0.1, 0.15) is 57.8 Å². The quantitative estimate of drug-likeness (QED) is 0.862. The van der Waals surface area contributed by atoms with Gasteiger partial charge in [-0.05, 0) is 51.7 Å². The normalized spacial score (nSPS) is 23.0. The molecule has 2 amide bonds. The van der Waals surface area contributed by atoms with E-state index in [0.717, 1.165) is 42.7 Å². The lowest BCUT2D eigenvalue weighted by Gasteiger charge is -2.39. The largest absolute Gasteiger partial charge is 0.496 e. The molecule has 2 unspecified atom stereocenters. The van der Waals surface area contributed by atoms with Gasteiger partial charge in [0.2, 0.25) is 0 Å². The van der Waals surface area contributed by atoms with Crippen molar-refractivity contribution in [1.82, 2.24) is 20.2 Å². The van der Waals surface area contributed by atoms with Gasteiger partial charge in [0.15, 0.2) is 0 Å². The predicted octanol–water partition coefficient (Wildman–Crippen LogP) is 2.67. The fraction of sp³-hybridized carbons (Fsp3) is 0.455. The molecule has 0 saturated carbocycles. The standard InChI is InChI=1S/C22H26N4O3/c1-13-11-24-19(12-23-13)21(27)25-15-9-16-7-8-17(10-15)26(16)22(28)18-5-4-6-20(29-3)14(18)2/h4-6,11-12,15-17H,7-10H2,1-3H3,(H,25,27). The molecule has 2 atom stereocenters. The summed E-state index contributed by atoms with van der Waals surface area (Å²) in [6.45, 7) is 3.76. The Bertz CT molecular complexity index is 914. The summed E-state index contributed by atoms with van der Waals surface area (Å²) in [4.78, 5) is 36.1. The van der Waals surface area contributed by atoms with Gasteiger partial charge in [-0.3, -0.25) is 14.6 Å². The Hall–Kier alpha value is -2.96. The number of aryl methyl sites for hydroxylation is 1. The van der Waals surface area contributed by atoms with E-state index in [1.54, 1.807) is 13.3 Å². The average Bonchev–Trinajstić information content (AvgIpc) is 2.98. The van der Waals surface area contributed by atoms with Gasteiger partial charge in [-0.1, -0.05) is 6.07 Å². The second-order valence-electron chi connectivity index (χ2n) is 7.92. The molecule has 7 nitrogen and oxygen atoms in total. The first kappa shape index (κ1) is 19.4. The van der Waals surface area contributed by atoms with Crippen molar-refractivity contribution < 1.29 is 14.3 Å². The predicted molar refractivity (Wildman–Crippen MR) is 108 cm³/mol. The molecule has 2 fully saturated rings. The van der Waals surface area contributed by atoms with Crippen molar-refractivity contribution in [2.45, 2.75) is 57.7 Å². The molecule has 152 valence electrons. The maximum Gasteiger partial charge on any atom is 0.271 e. The van der Waals surface area contributed by atoms with E-state index < -0.39 is 0 Å². The molecule has 0 spiro atoms. The molecule has 29 heavy (non-hydrogen) atoms. The van der Waals surface area contributed by atoms with Crippen molar-refractivity contribution in [3.63, 3.8) is 0 Å². The summed E-state index contributed by atoms with van der Waals surface area (Å²) in [6, 6.07) is 5.91. The highest BCUT2D eigenvalue weighted by Gasteiger charge is 2.44. The number of ether oxygens (including phenoxy) is 1. The van der Waals surface area contributed by atoms with Crippen LogP contribution in [-0.4, -0.2) is 51.9 Å². The van der Waals surface area contributed by atoms with Gasteiger partial charge in [0, 0.05) is 35.4 Å². The minimum absolute atomic E-state index is 0.0403. The van der Waals surface area contributed by atoms with Crippen molar-refractivity contribution in [1.29, 1.82) is 0 Å². The number of nitrogens with zero attached hydrogens (tertiary/aromatic N) is 3. The topological polar surface area (TPSA) is 84.4 Å². The smallest absolute Gasteiger partial charge is 0.271 e. The SMILES string of the molecule is COc1cccc(C(=O)N2C3CCC2CC(NC(=O)c2cnc(C)cn2)C3)c1C. The number of piperidine rings is 1. The molecule has 1 N–H and O–H groups in total. The number of fused-ring (bicyclic) bond motifs is 2. The zero-order valence-electron chi connectivity index (χ0n) is 17.0. The lowest BCUT2D eigenvalue weighted by atomic mass is 9.95. The van der Waals surface area contributed by atoms with E-state index >= 15 is 0 Å². The van der Waals surface area contributed by atoms with Crippen LogP contribution in [0.3, 0.4) is 0 Å². The first-order valence-corrected chi connectivity index (χ1v) is 10.0. The molecule has 2 aliphatic heterocycles. The van der Waals surface area contributed by atoms with Gasteiger partial charge in [-0.25, -0.2) is 4.98 Å². The molecule has 2 aromatic rings. The number of carbonyl (C=O) groups is 2. The fourth-order valence-corrected chi connectivity index (χ4v) is 4.60. The van der Waals surface area contributed by atoms with E-state index in [1.807, 2.05) is 36.9 Å². The van der Waals surface area contributed by atoms with Gasteiger partial charge in [0.1, 0.15) is 11.4 Å². The van der Waals surface area contributed by atoms with E-state index in [9.17, 15) is 9.59 Å². The Morgan fingerprint density at radius 1 is 1.10 bits per heavy atom. The van der Waals surface area contributed by atoms with Gasteiger partial charge in [0.05, 0.1) is 19.0 Å². The van der Waals surface area contributed by atoms with Crippen LogP contribution in [0.4, 0.5) is 0 Å². The van der Waals surface area contributed by atoms with Crippen LogP contribution in [0.25, 0.3) is 0 Å². The molecular formula is C22H26N4O3. The first-order chi connectivity index (χ1) is 14.0. The summed E-state index contributed by atoms with van der Waals surface area (Å²) in [7, 11) is 1.62. The maximum atomic E-state index is 13.3. The summed E-state index contributed by atoms with van der Waals surface area (Å²) in [5.41, 5.74) is 2.67. The minimum Gasteiger partial charge on any atom is -0.496 e. The van der Waals surface area contributed by atoms with E-state index in [1.165, 1.54) is 6.20 Å². The Balaban J connectivity index is 1.46. The fourth-order valence-electron chi connectivity index (χ4n) is 4.60. The van der Waals surface area contributed by atoms with Crippen molar-refractivity contribution in [3.8, 4) is 5.75 Å². The monoisotopic (exact) mass is 394 g/mol. The van der Waals surface area contributed by atoms with Crippen molar-refractivity contribution in [2.75, 3.05) is 7.11 Å². The lowest BCUT2D eigenvalue weighted by Crippen LogP contribution is -2.52. The summed E-state index contributed by atoms with van der Waals surface area (Å²) >= 11 is 0. The Morgan fingerprint density at radius 2 is 1.83 bits per heavy atom. The highest BCUT2D eigenvalue weighted by molar-refractivity contribution is 5.97. The number of benzene rings is 1. The van der Waals surface area contributed by atoms with E-state index in [0.29, 0.717) is 11.3 Å².